The highest BCUT2D eigenvalue weighted by atomic mass is 35.5. The second-order valence-electron chi connectivity index (χ2n) is 1.77. The van der Waals surface area contributed by atoms with Gasteiger partial charge in [0.25, 0.3) is 0 Å². The van der Waals surface area contributed by atoms with Crippen molar-refractivity contribution in [3.8, 4) is 0 Å². The molecule has 0 aromatic heterocycles. The van der Waals surface area contributed by atoms with Gasteiger partial charge in [0.15, 0.2) is 0 Å². The molecule has 1 heterocycles. The Morgan fingerprint density at radius 1 is 1.50 bits per heavy atom. The average Bonchev–Trinajstić information content (AvgIpc) is 1.91. The van der Waals surface area contributed by atoms with E-state index in [1.807, 2.05) is 0 Å². The van der Waals surface area contributed by atoms with Gasteiger partial charge in [-0.3, -0.25) is 0 Å². The summed E-state index contributed by atoms with van der Waals surface area (Å²) in [5.41, 5.74) is 5.41. The zero-order chi connectivity index (χ0) is 5.28. The molecule has 0 bridgehead atoms. The summed E-state index contributed by atoms with van der Waals surface area (Å²) >= 11 is 1.72. The zero-order valence-electron chi connectivity index (χ0n) is 4.41. The van der Waals surface area contributed by atoms with Crippen LogP contribution in [0.15, 0.2) is 0 Å². The third kappa shape index (κ3) is 1.82. The van der Waals surface area contributed by atoms with Crippen LogP contribution in [0.25, 0.3) is 0 Å². The minimum Gasteiger partial charge on any atom is -0.391 e. The van der Waals surface area contributed by atoms with Crippen molar-refractivity contribution in [1.82, 2.24) is 0 Å². The molecule has 1 rings (SSSR count). The minimum atomic E-state index is -0.245. The highest BCUT2D eigenvalue weighted by Crippen LogP contribution is 2.15. The summed E-state index contributed by atoms with van der Waals surface area (Å²) in [6.07, 6.45) is -0.245. The van der Waals surface area contributed by atoms with E-state index in [2.05, 4.69) is 0 Å². The molecule has 50 valence electrons. The van der Waals surface area contributed by atoms with Gasteiger partial charge in [0.05, 0.1) is 6.10 Å². The molecule has 2 atom stereocenters. The van der Waals surface area contributed by atoms with Crippen molar-refractivity contribution in [2.45, 2.75) is 12.1 Å². The number of aliphatic hydroxyl groups excluding tert-OH is 1. The Labute approximate surface area is 59.2 Å². The maximum absolute atomic E-state index is 8.85. The predicted molar refractivity (Wildman–Crippen MR) is 38.6 cm³/mol. The van der Waals surface area contributed by atoms with Crippen LogP contribution >= 0.6 is 24.2 Å². The standard InChI is InChI=1S/C4H9NOS.ClH/c5-3-1-7-2-4(3)6;/h3-4,6H,1-2,5H2;1H/t3-,4+;/m0./s1. The first kappa shape index (κ1) is 8.56. The summed E-state index contributed by atoms with van der Waals surface area (Å²) < 4.78 is 0. The number of hydrogen-bond acceptors (Lipinski definition) is 3. The molecule has 0 saturated carbocycles. The average molecular weight is 156 g/mol. The Morgan fingerprint density at radius 3 is 2.25 bits per heavy atom. The molecule has 0 aromatic rings. The SMILES string of the molecule is Cl.N[C@H]1CSC[C@H]1O. The quantitative estimate of drug-likeness (QED) is 0.511. The molecule has 0 aromatic carbocycles. The molecule has 4 heteroatoms. The van der Waals surface area contributed by atoms with Gasteiger partial charge in [-0.1, -0.05) is 0 Å². The van der Waals surface area contributed by atoms with Crippen LogP contribution in [0, 0.1) is 0 Å². The summed E-state index contributed by atoms with van der Waals surface area (Å²) in [5.74, 6) is 1.74. The van der Waals surface area contributed by atoms with Crippen LogP contribution < -0.4 is 5.73 Å². The number of nitrogens with two attached hydrogens (primary N) is 1. The van der Waals surface area contributed by atoms with Crippen LogP contribution in [0.3, 0.4) is 0 Å². The molecule has 1 aliphatic rings. The molecule has 2 nitrogen and oxygen atoms in total. The molecule has 1 saturated heterocycles. The fourth-order valence-electron chi connectivity index (χ4n) is 0.560. The van der Waals surface area contributed by atoms with E-state index in [9.17, 15) is 0 Å². The zero-order valence-corrected chi connectivity index (χ0v) is 6.04. The molecule has 8 heavy (non-hydrogen) atoms. The third-order valence-electron chi connectivity index (χ3n) is 1.09. The number of rotatable bonds is 0. The highest BCUT2D eigenvalue weighted by Gasteiger charge is 2.20. The first-order valence-electron chi connectivity index (χ1n) is 2.32. The fourth-order valence-corrected chi connectivity index (χ4v) is 1.68. The lowest BCUT2D eigenvalue weighted by Crippen LogP contribution is -2.32. The molecule has 0 spiro atoms. The van der Waals surface area contributed by atoms with E-state index in [-0.39, 0.29) is 24.6 Å². The Morgan fingerprint density at radius 2 is 2.12 bits per heavy atom. The van der Waals surface area contributed by atoms with Gasteiger partial charge in [0.1, 0.15) is 0 Å². The minimum absolute atomic E-state index is 0. The van der Waals surface area contributed by atoms with Crippen LogP contribution in [-0.4, -0.2) is 28.8 Å². The maximum atomic E-state index is 8.85. The van der Waals surface area contributed by atoms with E-state index in [0.29, 0.717) is 0 Å². The van der Waals surface area contributed by atoms with Crippen molar-refractivity contribution in [3.63, 3.8) is 0 Å². The van der Waals surface area contributed by atoms with E-state index < -0.39 is 0 Å². The van der Waals surface area contributed by atoms with E-state index in [0.717, 1.165) is 11.5 Å². The molecule has 3 N–H and O–H groups in total. The lowest BCUT2D eigenvalue weighted by molar-refractivity contribution is 0.183. The van der Waals surface area contributed by atoms with Gasteiger partial charge in [-0.2, -0.15) is 11.8 Å². The van der Waals surface area contributed by atoms with Crippen LogP contribution in [0.5, 0.6) is 0 Å². The molecular weight excluding hydrogens is 146 g/mol. The fraction of sp³-hybridized carbons (Fsp3) is 1.00. The summed E-state index contributed by atoms with van der Waals surface area (Å²) in [5, 5.41) is 8.85. The van der Waals surface area contributed by atoms with E-state index in [1.54, 1.807) is 11.8 Å². The highest BCUT2D eigenvalue weighted by molar-refractivity contribution is 7.99. The molecule has 1 aliphatic heterocycles. The molecule has 0 unspecified atom stereocenters. The van der Waals surface area contributed by atoms with Gasteiger partial charge in [-0.15, -0.1) is 12.4 Å². The normalized spacial score (nSPS) is 36.8. The van der Waals surface area contributed by atoms with Crippen LogP contribution in [0.4, 0.5) is 0 Å². The Balaban J connectivity index is 0.000000490. The van der Waals surface area contributed by atoms with Gasteiger partial charge >= 0.3 is 0 Å². The Hall–Kier alpha value is 0.560. The van der Waals surface area contributed by atoms with Gasteiger partial charge in [0.2, 0.25) is 0 Å². The molecule has 0 aliphatic carbocycles. The Bertz CT molecular complexity index is 65.1. The molecule has 0 amide bonds. The van der Waals surface area contributed by atoms with Crippen molar-refractivity contribution in [3.05, 3.63) is 0 Å². The van der Waals surface area contributed by atoms with Gasteiger partial charge in [0, 0.05) is 17.5 Å². The molecular formula is C4H10ClNOS. The molecule has 1 fully saturated rings. The van der Waals surface area contributed by atoms with E-state index in [4.69, 9.17) is 10.8 Å². The lowest BCUT2D eigenvalue weighted by atomic mass is 10.2. The summed E-state index contributed by atoms with van der Waals surface area (Å²) in [6.45, 7) is 0. The first-order chi connectivity index (χ1) is 3.30. The van der Waals surface area contributed by atoms with Gasteiger partial charge in [-0.25, -0.2) is 0 Å². The van der Waals surface area contributed by atoms with E-state index in [1.165, 1.54) is 0 Å². The van der Waals surface area contributed by atoms with Gasteiger partial charge in [-0.05, 0) is 0 Å². The van der Waals surface area contributed by atoms with Crippen molar-refractivity contribution in [2.75, 3.05) is 11.5 Å². The topological polar surface area (TPSA) is 46.2 Å². The summed E-state index contributed by atoms with van der Waals surface area (Å²) in [7, 11) is 0. The smallest absolute Gasteiger partial charge is 0.0789 e. The van der Waals surface area contributed by atoms with Crippen LogP contribution in [0.2, 0.25) is 0 Å². The van der Waals surface area contributed by atoms with E-state index >= 15 is 0 Å². The largest absolute Gasteiger partial charge is 0.391 e. The van der Waals surface area contributed by atoms with Crippen molar-refractivity contribution >= 4 is 24.2 Å². The summed E-state index contributed by atoms with van der Waals surface area (Å²) in [4.78, 5) is 0. The second-order valence-corrected chi connectivity index (χ2v) is 2.84. The predicted octanol–water partition coefficient (Wildman–Crippen LogP) is -0.157. The number of aliphatic hydroxyl groups is 1. The number of halogens is 1. The number of thioether (sulfide) groups is 1. The second kappa shape index (κ2) is 3.56. The van der Waals surface area contributed by atoms with Crippen molar-refractivity contribution < 1.29 is 5.11 Å². The van der Waals surface area contributed by atoms with Crippen LogP contribution in [0.1, 0.15) is 0 Å². The van der Waals surface area contributed by atoms with Crippen molar-refractivity contribution in [1.29, 1.82) is 0 Å². The van der Waals surface area contributed by atoms with Crippen LogP contribution in [-0.2, 0) is 0 Å². The lowest BCUT2D eigenvalue weighted by Gasteiger charge is -2.03. The molecule has 0 radical (unpaired) electrons. The van der Waals surface area contributed by atoms with Gasteiger partial charge < -0.3 is 10.8 Å². The first-order valence-corrected chi connectivity index (χ1v) is 3.47. The Kier molecular flexibility index (Phi) is 3.81. The number of hydrogen-bond donors (Lipinski definition) is 2. The third-order valence-corrected chi connectivity index (χ3v) is 2.29. The maximum Gasteiger partial charge on any atom is 0.0789 e. The monoisotopic (exact) mass is 155 g/mol. The van der Waals surface area contributed by atoms with Crippen molar-refractivity contribution in [2.24, 2.45) is 5.73 Å². The summed E-state index contributed by atoms with van der Waals surface area (Å²) in [6, 6.07) is 0.0324.